The van der Waals surface area contributed by atoms with Crippen LogP contribution in [-0.2, 0) is 42.9 Å². The molecular weight excluding hydrogens is 760 g/mol. The molecule has 2 heterocycles. The van der Waals surface area contributed by atoms with Gasteiger partial charge in [-0.15, -0.1) is 0 Å². The smallest absolute Gasteiger partial charge is 0.332 e. The standard InChI is InChI=1S/C41H70N2O15/c1-5-7-9-16-31(47)42-17-12-15-27(46)26-19-25(6-2)37(58-41-36(51)35(50)33(48)22(3)54-41)28(20-26)56-40-32(43-23(4)45)38(34(49)30(21-44)57-40)55-29(39(52)53)18-24-13-10-8-11-14-24/h22,24-26,28-30,32-38,40-41,44,48-51H,5-21H2,1-4H3,(H,42,47)(H,43,45)(H,52,53)/t22?,25-,26?,28-,29+,30+,32?,33-,34+,35+,36?,37?,38?,40-,41+/m1/s1. The van der Waals surface area contributed by atoms with E-state index in [1.165, 1.54) is 13.8 Å². The molecule has 2 saturated carbocycles. The van der Waals surface area contributed by atoms with Gasteiger partial charge in [-0.25, -0.2) is 4.79 Å². The molecule has 8 N–H and O–H groups in total. The third-order valence-corrected chi connectivity index (χ3v) is 12.3. The Morgan fingerprint density at radius 3 is 2.19 bits per heavy atom. The highest BCUT2D eigenvalue weighted by atomic mass is 16.7. The van der Waals surface area contributed by atoms with Gasteiger partial charge in [-0.05, 0) is 50.9 Å². The molecule has 334 valence electrons. The molecule has 4 aliphatic rings. The van der Waals surface area contributed by atoms with Gasteiger partial charge in [-0.2, -0.15) is 0 Å². The maximum Gasteiger partial charge on any atom is 0.332 e. The number of aliphatic hydroxyl groups excluding tert-OH is 5. The van der Waals surface area contributed by atoms with E-state index < -0.39 is 104 Å². The first-order valence-corrected chi connectivity index (χ1v) is 21.6. The van der Waals surface area contributed by atoms with Gasteiger partial charge in [0.1, 0.15) is 48.4 Å². The van der Waals surface area contributed by atoms with E-state index in [2.05, 4.69) is 17.6 Å². The lowest BCUT2D eigenvalue weighted by molar-refractivity contribution is -0.338. The van der Waals surface area contributed by atoms with Crippen molar-refractivity contribution in [3.05, 3.63) is 0 Å². The third-order valence-electron chi connectivity index (χ3n) is 12.3. The molecule has 2 aliphatic heterocycles. The van der Waals surface area contributed by atoms with Gasteiger partial charge in [0, 0.05) is 32.2 Å². The molecule has 58 heavy (non-hydrogen) atoms. The van der Waals surface area contributed by atoms with Crippen LogP contribution < -0.4 is 10.6 Å². The monoisotopic (exact) mass is 830 g/mol. The van der Waals surface area contributed by atoms with E-state index in [0.29, 0.717) is 32.2 Å². The Balaban J connectivity index is 1.60. The van der Waals surface area contributed by atoms with Crippen molar-refractivity contribution >= 4 is 23.6 Å². The van der Waals surface area contributed by atoms with Gasteiger partial charge in [0.15, 0.2) is 18.7 Å². The van der Waals surface area contributed by atoms with Crippen molar-refractivity contribution in [1.29, 1.82) is 0 Å². The number of carboxylic acid groups (broad SMARTS) is 1. The summed E-state index contributed by atoms with van der Waals surface area (Å²) in [6.45, 7) is 6.36. The number of hydrogen-bond donors (Lipinski definition) is 8. The largest absolute Gasteiger partial charge is 0.479 e. The average molecular weight is 831 g/mol. The molecule has 6 unspecified atom stereocenters. The van der Waals surface area contributed by atoms with Crippen molar-refractivity contribution < 1.29 is 73.5 Å². The Morgan fingerprint density at radius 1 is 0.828 bits per heavy atom. The van der Waals surface area contributed by atoms with Crippen LogP contribution in [0.1, 0.15) is 124 Å². The number of unbranched alkanes of at least 4 members (excludes halogenated alkanes) is 2. The van der Waals surface area contributed by atoms with Crippen LogP contribution in [0.25, 0.3) is 0 Å². The quantitative estimate of drug-likeness (QED) is 0.0762. The van der Waals surface area contributed by atoms with Crippen LogP contribution in [0, 0.1) is 17.8 Å². The van der Waals surface area contributed by atoms with E-state index in [0.717, 1.165) is 51.4 Å². The number of ketones is 1. The minimum Gasteiger partial charge on any atom is -0.479 e. The Hall–Kier alpha value is -2.32. The van der Waals surface area contributed by atoms with E-state index in [1.54, 1.807) is 0 Å². The van der Waals surface area contributed by atoms with E-state index in [9.17, 15) is 49.8 Å². The average Bonchev–Trinajstić information content (AvgIpc) is 3.20. The first-order chi connectivity index (χ1) is 27.7. The molecule has 0 aromatic heterocycles. The van der Waals surface area contributed by atoms with Crippen LogP contribution in [0.2, 0.25) is 0 Å². The summed E-state index contributed by atoms with van der Waals surface area (Å²) in [7, 11) is 0. The number of Topliss-reactive ketones (excluding diaryl/α,β-unsaturated/α-hetero) is 1. The van der Waals surface area contributed by atoms with Crippen molar-refractivity contribution in [2.75, 3.05) is 13.2 Å². The number of aliphatic hydroxyl groups is 5. The van der Waals surface area contributed by atoms with Crippen molar-refractivity contribution in [2.45, 2.75) is 204 Å². The molecule has 17 nitrogen and oxygen atoms in total. The molecule has 2 amide bonds. The minimum absolute atomic E-state index is 0.0596. The predicted molar refractivity (Wildman–Crippen MR) is 207 cm³/mol. The topological polar surface area (TPSA) is 260 Å². The molecule has 2 aliphatic carbocycles. The fourth-order valence-electron chi connectivity index (χ4n) is 8.94. The lowest BCUT2D eigenvalue weighted by Crippen LogP contribution is -2.67. The second-order valence-electron chi connectivity index (χ2n) is 16.8. The van der Waals surface area contributed by atoms with Gasteiger partial charge >= 0.3 is 5.97 Å². The van der Waals surface area contributed by atoms with Crippen molar-refractivity contribution in [1.82, 2.24) is 10.6 Å². The molecule has 0 radical (unpaired) electrons. The molecular formula is C41H70N2O15. The second kappa shape index (κ2) is 23.6. The summed E-state index contributed by atoms with van der Waals surface area (Å²) >= 11 is 0. The zero-order chi connectivity index (χ0) is 42.5. The van der Waals surface area contributed by atoms with Gasteiger partial charge in [0.05, 0.1) is 24.9 Å². The number of rotatable bonds is 21. The number of carbonyl (C=O) groups excluding carboxylic acids is 3. The van der Waals surface area contributed by atoms with Crippen molar-refractivity contribution in [3.8, 4) is 0 Å². The maximum absolute atomic E-state index is 13.8. The Labute approximate surface area is 341 Å². The summed E-state index contributed by atoms with van der Waals surface area (Å²) in [6.07, 6.45) is -6.27. The van der Waals surface area contributed by atoms with Gasteiger partial charge in [-0.3, -0.25) is 14.4 Å². The molecule has 0 spiro atoms. The lowest BCUT2D eigenvalue weighted by atomic mass is 9.74. The van der Waals surface area contributed by atoms with Crippen molar-refractivity contribution in [3.63, 3.8) is 0 Å². The Bertz CT molecular complexity index is 1300. The summed E-state index contributed by atoms with van der Waals surface area (Å²) in [5.74, 6) is -2.74. The van der Waals surface area contributed by atoms with Gasteiger partial charge in [0.2, 0.25) is 11.8 Å². The van der Waals surface area contributed by atoms with E-state index >= 15 is 0 Å². The molecule has 0 aromatic carbocycles. The zero-order valence-electron chi connectivity index (χ0n) is 34.6. The van der Waals surface area contributed by atoms with Crippen LogP contribution in [-0.4, -0.2) is 147 Å². The molecule has 4 rings (SSSR count). The Kier molecular flexibility index (Phi) is 19.7. The SMILES string of the molecule is CCCCCC(=O)NCCCC(=O)C1C[C@@H](CC)C(O[C@@H]2OC(C)[C@@H](O)[C@H](O)C2O)[C@H](O[C@@H]2O[C@@H](CO)[C@H](O)C(O[C@@H](CC3CCCCC3)C(=O)O)C2NC(C)=O)C1. The number of carbonyl (C=O) groups is 4. The number of aliphatic carboxylic acids is 1. The molecule has 2 saturated heterocycles. The number of hydrogen-bond acceptors (Lipinski definition) is 14. The first-order valence-electron chi connectivity index (χ1n) is 21.6. The van der Waals surface area contributed by atoms with E-state index in [-0.39, 0.29) is 42.8 Å². The molecule has 4 fully saturated rings. The summed E-state index contributed by atoms with van der Waals surface area (Å²) in [4.78, 5) is 51.3. The Morgan fingerprint density at radius 2 is 1.55 bits per heavy atom. The fraction of sp³-hybridized carbons (Fsp3) is 0.902. The maximum atomic E-state index is 13.8. The number of nitrogens with one attached hydrogen (secondary N) is 2. The van der Waals surface area contributed by atoms with Crippen LogP contribution >= 0.6 is 0 Å². The van der Waals surface area contributed by atoms with E-state index in [4.69, 9.17) is 23.7 Å². The number of amides is 2. The van der Waals surface area contributed by atoms with Crippen LogP contribution in [0.15, 0.2) is 0 Å². The normalized spacial score (nSPS) is 36.5. The highest BCUT2D eigenvalue weighted by molar-refractivity contribution is 5.81. The zero-order valence-corrected chi connectivity index (χ0v) is 34.6. The van der Waals surface area contributed by atoms with Gasteiger partial charge in [-0.1, -0.05) is 65.2 Å². The van der Waals surface area contributed by atoms with Crippen LogP contribution in [0.3, 0.4) is 0 Å². The molecule has 0 bridgehead atoms. The fourth-order valence-corrected chi connectivity index (χ4v) is 8.94. The van der Waals surface area contributed by atoms with Crippen LogP contribution in [0.5, 0.6) is 0 Å². The molecule has 0 aromatic rings. The lowest BCUT2D eigenvalue weighted by Gasteiger charge is -2.49. The molecule has 15 atom stereocenters. The van der Waals surface area contributed by atoms with Crippen LogP contribution in [0.4, 0.5) is 0 Å². The number of ether oxygens (including phenoxy) is 5. The summed E-state index contributed by atoms with van der Waals surface area (Å²) < 4.78 is 31.1. The minimum atomic E-state index is -1.64. The predicted octanol–water partition coefficient (Wildman–Crippen LogP) is 1.46. The summed E-state index contributed by atoms with van der Waals surface area (Å²) in [5.41, 5.74) is 0. The summed E-state index contributed by atoms with van der Waals surface area (Å²) in [5, 5.41) is 69.5. The first kappa shape index (κ1) is 48.3. The molecule has 17 heteroatoms. The highest BCUT2D eigenvalue weighted by Crippen LogP contribution is 2.40. The van der Waals surface area contributed by atoms with E-state index in [1.807, 2.05) is 6.92 Å². The van der Waals surface area contributed by atoms with Gasteiger partial charge < -0.3 is 65.0 Å². The second-order valence-corrected chi connectivity index (χ2v) is 16.8. The highest BCUT2D eigenvalue weighted by Gasteiger charge is 2.52. The third kappa shape index (κ3) is 13.3. The number of carboxylic acids is 1. The van der Waals surface area contributed by atoms with Gasteiger partial charge in [0.25, 0.3) is 0 Å². The summed E-state index contributed by atoms with van der Waals surface area (Å²) in [6, 6.07) is -1.28. The van der Waals surface area contributed by atoms with Crippen molar-refractivity contribution in [2.24, 2.45) is 17.8 Å².